The molecule has 0 bridgehead atoms. The molecule has 0 spiro atoms. The van der Waals surface area contributed by atoms with Crippen molar-refractivity contribution in [1.29, 1.82) is 0 Å². The lowest BCUT2D eigenvalue weighted by Gasteiger charge is -2.30. The standard InChI is InChI=1S/C27H37N3O5/c1-17(15-18-10-13-35-14-11-18)30-23-8-7-19-9-12-29(27(33)34-2)16-22(19)24(23)28-25(30)20-3-5-21(6-4-20)26(31)32/h7-8,17-18,20-21H,3-6,9-16H2,1-2H3,(H,31,32)/t17-,20?,21?/m1/s1. The van der Waals surface area contributed by atoms with Crippen LogP contribution in [0.15, 0.2) is 12.1 Å². The molecular weight excluding hydrogens is 446 g/mol. The number of carbonyl (C=O) groups is 2. The molecule has 1 N–H and O–H groups in total. The zero-order chi connectivity index (χ0) is 24.5. The molecule has 1 saturated heterocycles. The zero-order valence-electron chi connectivity index (χ0n) is 20.9. The molecule has 0 unspecified atom stereocenters. The SMILES string of the molecule is COC(=O)N1CCc2ccc3c(nc(C4CCC(C(=O)O)CC4)n3[C@H](C)CC3CCOCC3)c2C1. The van der Waals surface area contributed by atoms with Crippen molar-refractivity contribution in [1.82, 2.24) is 14.5 Å². The molecule has 2 aromatic rings. The summed E-state index contributed by atoms with van der Waals surface area (Å²) >= 11 is 0. The molecule has 3 heterocycles. The van der Waals surface area contributed by atoms with Crippen molar-refractivity contribution in [3.05, 3.63) is 29.1 Å². The number of hydrogen-bond acceptors (Lipinski definition) is 5. The Kier molecular flexibility index (Phi) is 7.00. The molecule has 1 aromatic heterocycles. The molecule has 1 atom stereocenters. The number of nitrogens with zero attached hydrogens (tertiary/aromatic N) is 3. The van der Waals surface area contributed by atoms with Crippen LogP contribution in [0.5, 0.6) is 0 Å². The van der Waals surface area contributed by atoms with Gasteiger partial charge in [-0.05, 0) is 75.8 Å². The topological polar surface area (TPSA) is 93.9 Å². The largest absolute Gasteiger partial charge is 0.481 e. The van der Waals surface area contributed by atoms with Gasteiger partial charge in [-0.1, -0.05) is 6.07 Å². The van der Waals surface area contributed by atoms with Gasteiger partial charge in [-0.3, -0.25) is 4.79 Å². The van der Waals surface area contributed by atoms with Crippen LogP contribution < -0.4 is 0 Å². The Balaban J connectivity index is 1.52. The molecule has 8 heteroatoms. The molecule has 1 aliphatic carbocycles. The Bertz CT molecular complexity index is 1080. The maximum Gasteiger partial charge on any atom is 0.409 e. The lowest BCUT2D eigenvalue weighted by Crippen LogP contribution is -2.35. The first-order chi connectivity index (χ1) is 17.0. The van der Waals surface area contributed by atoms with Crippen molar-refractivity contribution in [2.45, 2.75) is 76.8 Å². The minimum atomic E-state index is -0.679. The first kappa shape index (κ1) is 24.1. The average molecular weight is 484 g/mol. The molecular formula is C27H37N3O5. The first-order valence-electron chi connectivity index (χ1n) is 13.1. The Morgan fingerprint density at radius 3 is 2.60 bits per heavy atom. The molecule has 1 saturated carbocycles. The summed E-state index contributed by atoms with van der Waals surface area (Å²) < 4.78 is 13.0. The fourth-order valence-corrected chi connectivity index (χ4v) is 6.42. The fraction of sp³-hybridized carbons (Fsp3) is 0.667. The minimum absolute atomic E-state index is 0.245. The second-order valence-corrected chi connectivity index (χ2v) is 10.6. The van der Waals surface area contributed by atoms with E-state index in [9.17, 15) is 14.7 Å². The van der Waals surface area contributed by atoms with E-state index in [1.54, 1.807) is 4.90 Å². The van der Waals surface area contributed by atoms with Crippen LogP contribution in [-0.4, -0.2) is 58.5 Å². The number of rotatable bonds is 5. The zero-order valence-corrected chi connectivity index (χ0v) is 20.9. The molecule has 1 amide bonds. The number of aromatic nitrogens is 2. The Morgan fingerprint density at radius 1 is 1.17 bits per heavy atom. The Morgan fingerprint density at radius 2 is 1.91 bits per heavy atom. The third kappa shape index (κ3) is 4.77. The number of imidazole rings is 1. The van der Waals surface area contributed by atoms with Crippen LogP contribution in [0.2, 0.25) is 0 Å². The number of aliphatic carboxylic acids is 1. The minimum Gasteiger partial charge on any atom is -0.481 e. The third-order valence-corrected chi connectivity index (χ3v) is 8.42. The van der Waals surface area contributed by atoms with E-state index in [1.165, 1.54) is 12.7 Å². The Labute approximate surface area is 206 Å². The number of ether oxygens (including phenoxy) is 2. The van der Waals surface area contributed by atoms with Crippen molar-refractivity contribution in [2.24, 2.45) is 11.8 Å². The number of carboxylic acid groups (broad SMARTS) is 1. The van der Waals surface area contributed by atoms with Crippen molar-refractivity contribution in [3.63, 3.8) is 0 Å². The van der Waals surface area contributed by atoms with Gasteiger partial charge in [0.05, 0.1) is 30.6 Å². The molecule has 0 radical (unpaired) electrons. The van der Waals surface area contributed by atoms with Gasteiger partial charge in [0.1, 0.15) is 5.82 Å². The molecule has 1 aromatic carbocycles. The van der Waals surface area contributed by atoms with Crippen molar-refractivity contribution in [2.75, 3.05) is 26.9 Å². The van der Waals surface area contributed by atoms with Crippen LogP contribution in [0.1, 0.15) is 80.8 Å². The summed E-state index contributed by atoms with van der Waals surface area (Å²) in [6, 6.07) is 4.70. The van der Waals surface area contributed by atoms with Crippen molar-refractivity contribution < 1.29 is 24.2 Å². The maximum absolute atomic E-state index is 12.3. The van der Waals surface area contributed by atoms with Gasteiger partial charge in [0.25, 0.3) is 0 Å². The number of hydrogen-bond donors (Lipinski definition) is 1. The van der Waals surface area contributed by atoms with Crippen LogP contribution in [0.3, 0.4) is 0 Å². The predicted molar refractivity (Wildman–Crippen MR) is 131 cm³/mol. The number of methoxy groups -OCH3 is 1. The lowest BCUT2D eigenvalue weighted by molar-refractivity contribution is -0.142. The van der Waals surface area contributed by atoms with Gasteiger partial charge in [0.2, 0.25) is 0 Å². The van der Waals surface area contributed by atoms with Crippen LogP contribution >= 0.6 is 0 Å². The second kappa shape index (κ2) is 10.2. The average Bonchev–Trinajstić information content (AvgIpc) is 3.29. The second-order valence-electron chi connectivity index (χ2n) is 10.6. The van der Waals surface area contributed by atoms with E-state index in [2.05, 4.69) is 23.6 Å². The summed E-state index contributed by atoms with van der Waals surface area (Å²) in [6.07, 6.45) is 6.87. The van der Waals surface area contributed by atoms with E-state index in [0.29, 0.717) is 31.8 Å². The van der Waals surface area contributed by atoms with Crippen LogP contribution in [0.25, 0.3) is 11.0 Å². The third-order valence-electron chi connectivity index (χ3n) is 8.42. The number of carboxylic acids is 1. The Hall–Kier alpha value is -2.61. The van der Waals surface area contributed by atoms with Gasteiger partial charge < -0.3 is 24.0 Å². The highest BCUT2D eigenvalue weighted by molar-refractivity contribution is 5.82. The number of fused-ring (bicyclic) bond motifs is 3. The molecule has 8 nitrogen and oxygen atoms in total. The summed E-state index contributed by atoms with van der Waals surface area (Å²) in [5.74, 6) is 1.06. The van der Waals surface area contributed by atoms with Crippen LogP contribution in [0.4, 0.5) is 4.79 Å². The normalized spacial score (nSPS) is 24.2. The van der Waals surface area contributed by atoms with Gasteiger partial charge in [-0.25, -0.2) is 9.78 Å². The van der Waals surface area contributed by atoms with Gasteiger partial charge in [0, 0.05) is 37.3 Å². The van der Waals surface area contributed by atoms with Crippen LogP contribution in [0, 0.1) is 11.8 Å². The summed E-state index contributed by atoms with van der Waals surface area (Å²) in [6.45, 7) is 5.13. The van der Waals surface area contributed by atoms with E-state index < -0.39 is 5.97 Å². The summed E-state index contributed by atoms with van der Waals surface area (Å²) in [7, 11) is 1.43. The number of benzene rings is 1. The monoisotopic (exact) mass is 483 g/mol. The van der Waals surface area contributed by atoms with Gasteiger partial charge in [0.15, 0.2) is 0 Å². The van der Waals surface area contributed by atoms with Gasteiger partial charge in [-0.2, -0.15) is 0 Å². The van der Waals surface area contributed by atoms with Crippen LogP contribution in [-0.2, 0) is 27.2 Å². The van der Waals surface area contributed by atoms with Gasteiger partial charge in [-0.15, -0.1) is 0 Å². The van der Waals surface area contributed by atoms with E-state index in [-0.39, 0.29) is 24.0 Å². The number of carbonyl (C=O) groups excluding carboxylic acids is 1. The molecule has 5 rings (SSSR count). The highest BCUT2D eigenvalue weighted by Crippen LogP contribution is 2.40. The van der Waals surface area contributed by atoms with E-state index in [1.807, 2.05) is 0 Å². The molecule has 3 aliphatic rings. The summed E-state index contributed by atoms with van der Waals surface area (Å²) in [4.78, 5) is 30.8. The van der Waals surface area contributed by atoms with Crippen molar-refractivity contribution in [3.8, 4) is 0 Å². The molecule has 35 heavy (non-hydrogen) atoms. The first-order valence-corrected chi connectivity index (χ1v) is 13.1. The number of amides is 1. The summed E-state index contributed by atoms with van der Waals surface area (Å²) in [5, 5.41) is 9.48. The molecule has 2 fully saturated rings. The predicted octanol–water partition coefficient (Wildman–Crippen LogP) is 4.90. The molecule has 2 aliphatic heterocycles. The van der Waals surface area contributed by atoms with Gasteiger partial charge >= 0.3 is 12.1 Å². The highest BCUT2D eigenvalue weighted by Gasteiger charge is 2.33. The fourth-order valence-electron chi connectivity index (χ4n) is 6.42. The lowest BCUT2D eigenvalue weighted by atomic mass is 9.81. The van der Waals surface area contributed by atoms with E-state index in [0.717, 1.165) is 74.2 Å². The highest BCUT2D eigenvalue weighted by atomic mass is 16.5. The molecule has 190 valence electrons. The smallest absolute Gasteiger partial charge is 0.409 e. The summed E-state index contributed by atoms with van der Waals surface area (Å²) in [5.41, 5.74) is 4.49. The maximum atomic E-state index is 12.3. The van der Waals surface area contributed by atoms with E-state index in [4.69, 9.17) is 14.5 Å². The van der Waals surface area contributed by atoms with Crippen molar-refractivity contribution >= 4 is 23.1 Å². The van der Waals surface area contributed by atoms with E-state index >= 15 is 0 Å². The quantitative estimate of drug-likeness (QED) is 0.650.